The first-order valence-corrected chi connectivity index (χ1v) is 7.82. The average Bonchev–Trinajstić information content (AvgIpc) is 2.38. The molecule has 0 aromatic heterocycles. The highest BCUT2D eigenvalue weighted by atomic mass is 16.5. The van der Waals surface area contributed by atoms with E-state index in [9.17, 15) is 0 Å². The van der Waals surface area contributed by atoms with E-state index in [1.54, 1.807) is 0 Å². The quantitative estimate of drug-likeness (QED) is 0.831. The monoisotopic (exact) mass is 252 g/mol. The van der Waals surface area contributed by atoms with Gasteiger partial charge in [-0.2, -0.15) is 0 Å². The molecule has 18 heavy (non-hydrogen) atoms. The van der Waals surface area contributed by atoms with Crippen molar-refractivity contribution >= 4 is 0 Å². The Bertz CT molecular complexity index is 272. The van der Waals surface area contributed by atoms with Crippen LogP contribution in [0.25, 0.3) is 0 Å². The fourth-order valence-corrected chi connectivity index (χ4v) is 3.93. The SMILES string of the molecule is CN(CC1CCCNC1)C1CCOC2(CCC2)C1. The van der Waals surface area contributed by atoms with Gasteiger partial charge in [-0.15, -0.1) is 0 Å². The topological polar surface area (TPSA) is 24.5 Å². The first-order chi connectivity index (χ1) is 8.77. The Balaban J connectivity index is 1.50. The van der Waals surface area contributed by atoms with Crippen molar-refractivity contribution in [2.24, 2.45) is 5.92 Å². The minimum atomic E-state index is 0.294. The Morgan fingerprint density at radius 3 is 2.83 bits per heavy atom. The molecule has 1 N–H and O–H groups in total. The van der Waals surface area contributed by atoms with Crippen LogP contribution in [0.5, 0.6) is 0 Å². The molecule has 1 aliphatic carbocycles. The van der Waals surface area contributed by atoms with Gasteiger partial charge < -0.3 is 15.0 Å². The van der Waals surface area contributed by atoms with Crippen LogP contribution in [0, 0.1) is 5.92 Å². The minimum absolute atomic E-state index is 0.294. The maximum atomic E-state index is 6.03. The van der Waals surface area contributed by atoms with Crippen LogP contribution >= 0.6 is 0 Å². The van der Waals surface area contributed by atoms with Gasteiger partial charge in [0.15, 0.2) is 0 Å². The molecule has 3 fully saturated rings. The van der Waals surface area contributed by atoms with Gasteiger partial charge in [0.25, 0.3) is 0 Å². The van der Waals surface area contributed by atoms with Crippen molar-refractivity contribution in [3.63, 3.8) is 0 Å². The minimum Gasteiger partial charge on any atom is -0.375 e. The molecule has 2 aliphatic heterocycles. The lowest BCUT2D eigenvalue weighted by Crippen LogP contribution is -2.52. The van der Waals surface area contributed by atoms with Gasteiger partial charge in [0.1, 0.15) is 0 Å². The van der Waals surface area contributed by atoms with Crippen LogP contribution in [0.4, 0.5) is 0 Å². The maximum absolute atomic E-state index is 6.03. The fraction of sp³-hybridized carbons (Fsp3) is 1.00. The number of hydrogen-bond acceptors (Lipinski definition) is 3. The van der Waals surface area contributed by atoms with Crippen LogP contribution in [0.15, 0.2) is 0 Å². The number of piperidine rings is 1. The van der Waals surface area contributed by atoms with Gasteiger partial charge in [0.05, 0.1) is 5.60 Å². The third-order valence-corrected chi connectivity index (χ3v) is 5.30. The van der Waals surface area contributed by atoms with Gasteiger partial charge in [-0.25, -0.2) is 0 Å². The van der Waals surface area contributed by atoms with E-state index in [1.807, 2.05) is 0 Å². The van der Waals surface area contributed by atoms with E-state index in [0.29, 0.717) is 5.60 Å². The lowest BCUT2D eigenvalue weighted by atomic mass is 9.73. The molecule has 0 aromatic carbocycles. The molecule has 104 valence electrons. The summed E-state index contributed by atoms with van der Waals surface area (Å²) in [5.41, 5.74) is 0.294. The zero-order valence-electron chi connectivity index (χ0n) is 11.8. The Morgan fingerprint density at radius 2 is 2.17 bits per heavy atom. The molecule has 2 saturated heterocycles. The highest BCUT2D eigenvalue weighted by molar-refractivity contribution is 4.96. The summed E-state index contributed by atoms with van der Waals surface area (Å²) in [6.07, 6.45) is 9.28. The summed E-state index contributed by atoms with van der Waals surface area (Å²) in [5, 5.41) is 3.53. The lowest BCUT2D eigenvalue weighted by Gasteiger charge is -2.49. The van der Waals surface area contributed by atoms with Crippen molar-refractivity contribution in [3.8, 4) is 0 Å². The zero-order valence-corrected chi connectivity index (χ0v) is 11.8. The second kappa shape index (κ2) is 5.48. The van der Waals surface area contributed by atoms with Gasteiger partial charge >= 0.3 is 0 Å². The third-order valence-electron chi connectivity index (χ3n) is 5.30. The van der Waals surface area contributed by atoms with Crippen LogP contribution in [0.2, 0.25) is 0 Å². The van der Waals surface area contributed by atoms with Crippen LogP contribution < -0.4 is 5.32 Å². The van der Waals surface area contributed by atoms with Crippen LogP contribution in [-0.2, 0) is 4.74 Å². The smallest absolute Gasteiger partial charge is 0.0697 e. The summed E-state index contributed by atoms with van der Waals surface area (Å²) in [4.78, 5) is 2.63. The zero-order chi connectivity index (χ0) is 12.4. The first kappa shape index (κ1) is 12.9. The third kappa shape index (κ3) is 2.73. The molecular formula is C15H28N2O. The Morgan fingerprint density at radius 1 is 1.28 bits per heavy atom. The molecule has 2 atom stereocenters. The fourth-order valence-electron chi connectivity index (χ4n) is 3.93. The highest BCUT2D eigenvalue weighted by Gasteiger charge is 2.43. The lowest BCUT2D eigenvalue weighted by molar-refractivity contribution is -0.147. The molecular weight excluding hydrogens is 224 g/mol. The summed E-state index contributed by atoms with van der Waals surface area (Å²) in [7, 11) is 2.33. The second-order valence-corrected chi connectivity index (χ2v) is 6.68. The van der Waals surface area contributed by atoms with Crippen LogP contribution in [0.1, 0.15) is 44.9 Å². The molecule has 3 nitrogen and oxygen atoms in total. The van der Waals surface area contributed by atoms with Crippen molar-refractivity contribution in [2.75, 3.05) is 33.3 Å². The number of ether oxygens (including phenoxy) is 1. The van der Waals surface area contributed by atoms with E-state index in [-0.39, 0.29) is 0 Å². The second-order valence-electron chi connectivity index (χ2n) is 6.68. The molecule has 1 saturated carbocycles. The predicted octanol–water partition coefficient (Wildman–Crippen LogP) is 2.02. The molecule has 0 radical (unpaired) electrons. The highest BCUT2D eigenvalue weighted by Crippen LogP contribution is 2.43. The van der Waals surface area contributed by atoms with Crippen molar-refractivity contribution in [3.05, 3.63) is 0 Å². The maximum Gasteiger partial charge on any atom is 0.0697 e. The van der Waals surface area contributed by atoms with Crippen molar-refractivity contribution < 1.29 is 4.74 Å². The molecule has 0 amide bonds. The first-order valence-electron chi connectivity index (χ1n) is 7.82. The van der Waals surface area contributed by atoms with E-state index in [2.05, 4.69) is 17.3 Å². The molecule has 3 heteroatoms. The van der Waals surface area contributed by atoms with Gasteiger partial charge in [-0.1, -0.05) is 0 Å². The molecule has 0 bridgehead atoms. The largest absolute Gasteiger partial charge is 0.375 e. The van der Waals surface area contributed by atoms with Crippen molar-refractivity contribution in [1.82, 2.24) is 10.2 Å². The number of nitrogens with zero attached hydrogens (tertiary/aromatic N) is 1. The standard InChI is InChI=1S/C15H28N2O/c1-17(12-13-4-2-8-16-11-13)14-5-9-18-15(10-14)6-3-7-15/h13-14,16H,2-12H2,1H3. The predicted molar refractivity (Wildman–Crippen MR) is 73.8 cm³/mol. The van der Waals surface area contributed by atoms with Gasteiger partial charge in [-0.3, -0.25) is 0 Å². The van der Waals surface area contributed by atoms with Gasteiger partial charge in [-0.05, 0) is 71.0 Å². The normalized spacial score (nSPS) is 35.7. The number of hydrogen-bond donors (Lipinski definition) is 1. The number of rotatable bonds is 3. The van der Waals surface area contributed by atoms with Crippen LogP contribution in [0.3, 0.4) is 0 Å². The summed E-state index contributed by atoms with van der Waals surface area (Å²) in [5.74, 6) is 0.865. The van der Waals surface area contributed by atoms with E-state index >= 15 is 0 Å². The van der Waals surface area contributed by atoms with Crippen LogP contribution in [-0.4, -0.2) is 49.8 Å². The van der Waals surface area contributed by atoms with E-state index < -0.39 is 0 Å². The Kier molecular flexibility index (Phi) is 3.92. The van der Waals surface area contributed by atoms with E-state index in [0.717, 1.165) is 18.6 Å². The number of nitrogens with one attached hydrogen (secondary N) is 1. The summed E-state index contributed by atoms with van der Waals surface area (Å²) < 4.78 is 6.03. The van der Waals surface area contributed by atoms with E-state index in [1.165, 1.54) is 64.6 Å². The summed E-state index contributed by atoms with van der Waals surface area (Å²) >= 11 is 0. The van der Waals surface area contributed by atoms with Gasteiger partial charge in [0, 0.05) is 19.2 Å². The molecule has 2 unspecified atom stereocenters. The summed E-state index contributed by atoms with van der Waals surface area (Å²) in [6, 6.07) is 0.765. The van der Waals surface area contributed by atoms with Gasteiger partial charge in [0.2, 0.25) is 0 Å². The van der Waals surface area contributed by atoms with Crippen molar-refractivity contribution in [1.29, 1.82) is 0 Å². The molecule has 1 spiro atoms. The Hall–Kier alpha value is -0.120. The van der Waals surface area contributed by atoms with E-state index in [4.69, 9.17) is 4.74 Å². The average molecular weight is 252 g/mol. The Labute approximate surface area is 111 Å². The molecule has 2 heterocycles. The van der Waals surface area contributed by atoms with Crippen molar-refractivity contribution in [2.45, 2.75) is 56.6 Å². The molecule has 3 rings (SSSR count). The molecule has 3 aliphatic rings. The summed E-state index contributed by atoms with van der Waals surface area (Å²) in [6.45, 7) is 4.70. The molecule has 0 aromatic rings.